The third kappa shape index (κ3) is 8.13. The molecule has 0 aliphatic rings. The average Bonchev–Trinajstić information content (AvgIpc) is 2.94. The molecule has 0 heterocycles. The molecule has 0 saturated heterocycles. The van der Waals surface area contributed by atoms with E-state index in [4.69, 9.17) is 15.2 Å². The molecule has 0 bridgehead atoms. The number of rotatable bonds is 12. The predicted octanol–water partition coefficient (Wildman–Crippen LogP) is 4.88. The number of nitrogens with one attached hydrogen (secondary N) is 1. The van der Waals surface area contributed by atoms with Gasteiger partial charge in [0.15, 0.2) is 23.1 Å². The lowest BCUT2D eigenvalue weighted by Gasteiger charge is -2.18. The molecule has 0 aliphatic heterocycles. The van der Waals surface area contributed by atoms with E-state index in [9.17, 15) is 18.4 Å². The van der Waals surface area contributed by atoms with Crippen molar-refractivity contribution in [2.75, 3.05) is 0 Å². The van der Waals surface area contributed by atoms with E-state index >= 15 is 0 Å². The highest BCUT2D eigenvalue weighted by molar-refractivity contribution is 5.87. The lowest BCUT2D eigenvalue weighted by molar-refractivity contribution is -0.127. The molecular weight excluding hydrogens is 502 g/mol. The minimum Gasteiger partial charge on any atom is -0.485 e. The van der Waals surface area contributed by atoms with E-state index in [0.29, 0.717) is 30.3 Å². The highest BCUT2D eigenvalue weighted by atomic mass is 19.2. The van der Waals surface area contributed by atoms with Crippen molar-refractivity contribution in [3.63, 3.8) is 0 Å². The van der Waals surface area contributed by atoms with Gasteiger partial charge in [0, 0.05) is 6.42 Å². The number of ether oxygens (including phenoxy) is 2. The number of carbonyl (C=O) groups is 2. The van der Waals surface area contributed by atoms with Gasteiger partial charge in [-0.2, -0.15) is 0 Å². The largest absolute Gasteiger partial charge is 0.485 e. The van der Waals surface area contributed by atoms with Gasteiger partial charge in [0.25, 0.3) is 0 Å². The summed E-state index contributed by atoms with van der Waals surface area (Å²) < 4.78 is 38.8. The van der Waals surface area contributed by atoms with Gasteiger partial charge >= 0.3 is 0 Å². The first-order valence-corrected chi connectivity index (χ1v) is 12.4. The molecular formula is C31H28F2N2O4. The number of halogens is 2. The molecule has 4 aromatic rings. The Balaban J connectivity index is 1.48. The highest BCUT2D eigenvalue weighted by Gasteiger charge is 2.20. The first kappa shape index (κ1) is 27.3. The first-order valence-electron chi connectivity index (χ1n) is 12.4. The molecule has 0 aliphatic carbocycles. The molecule has 0 aromatic heterocycles. The molecule has 6 nitrogen and oxygen atoms in total. The maximum absolute atomic E-state index is 13.5. The zero-order chi connectivity index (χ0) is 27.6. The van der Waals surface area contributed by atoms with Gasteiger partial charge in [-0.15, -0.1) is 0 Å². The zero-order valence-electron chi connectivity index (χ0n) is 21.1. The van der Waals surface area contributed by atoms with E-state index in [1.54, 1.807) is 18.2 Å². The molecule has 200 valence electrons. The van der Waals surface area contributed by atoms with Gasteiger partial charge in [-0.25, -0.2) is 8.78 Å². The van der Waals surface area contributed by atoms with Crippen molar-refractivity contribution >= 4 is 11.8 Å². The number of hydrogen-bond donors (Lipinski definition) is 2. The molecule has 0 spiro atoms. The number of primary amides is 1. The Morgan fingerprint density at radius 3 is 1.87 bits per heavy atom. The standard InChI is InChI=1S/C31H28F2N2O4/c32-25-13-11-23(15-26(25)33)18-30(36)35-27(31(34)37)16-24-12-14-28(38-19-21-7-3-1-4-8-21)29(17-24)39-20-22-9-5-2-6-10-22/h1-15,17,27H,16,18-20H2,(H2,34,37)(H,35,36)/t27-/m1/s1. The van der Waals surface area contributed by atoms with Gasteiger partial charge in [0.1, 0.15) is 19.3 Å². The van der Waals surface area contributed by atoms with Crippen LogP contribution in [0.15, 0.2) is 97.1 Å². The van der Waals surface area contributed by atoms with Crippen LogP contribution in [-0.2, 0) is 35.6 Å². The van der Waals surface area contributed by atoms with Gasteiger partial charge < -0.3 is 20.5 Å². The fraction of sp³-hybridized carbons (Fsp3) is 0.161. The van der Waals surface area contributed by atoms with Crippen LogP contribution in [0.1, 0.15) is 22.3 Å². The van der Waals surface area contributed by atoms with E-state index in [1.165, 1.54) is 6.07 Å². The quantitative estimate of drug-likeness (QED) is 0.273. The molecule has 1 atom stereocenters. The van der Waals surface area contributed by atoms with Gasteiger partial charge in [0.05, 0.1) is 6.42 Å². The van der Waals surface area contributed by atoms with Gasteiger partial charge in [0.2, 0.25) is 11.8 Å². The van der Waals surface area contributed by atoms with E-state index < -0.39 is 29.5 Å². The van der Waals surface area contributed by atoms with Crippen molar-refractivity contribution in [3.05, 3.63) is 131 Å². The van der Waals surface area contributed by atoms with E-state index in [1.807, 2.05) is 60.7 Å². The average molecular weight is 531 g/mol. The van der Waals surface area contributed by atoms with Crippen LogP contribution in [-0.4, -0.2) is 17.9 Å². The van der Waals surface area contributed by atoms with Crippen molar-refractivity contribution < 1.29 is 27.8 Å². The maximum Gasteiger partial charge on any atom is 0.240 e. The molecule has 2 amide bonds. The summed E-state index contributed by atoms with van der Waals surface area (Å²) in [5.41, 5.74) is 8.48. The van der Waals surface area contributed by atoms with Crippen LogP contribution in [0.5, 0.6) is 11.5 Å². The Hall–Kier alpha value is -4.72. The fourth-order valence-corrected chi connectivity index (χ4v) is 3.92. The molecule has 4 aromatic carbocycles. The number of nitrogens with two attached hydrogens (primary N) is 1. The van der Waals surface area contributed by atoms with Gasteiger partial charge in [-0.1, -0.05) is 72.8 Å². The lowest BCUT2D eigenvalue weighted by Crippen LogP contribution is -2.46. The summed E-state index contributed by atoms with van der Waals surface area (Å²) in [5, 5.41) is 2.58. The molecule has 8 heteroatoms. The number of benzene rings is 4. The van der Waals surface area contributed by atoms with E-state index in [2.05, 4.69) is 5.32 Å². The summed E-state index contributed by atoms with van der Waals surface area (Å²) >= 11 is 0. The third-order valence-electron chi connectivity index (χ3n) is 5.95. The van der Waals surface area contributed by atoms with E-state index in [-0.39, 0.29) is 18.4 Å². The summed E-state index contributed by atoms with van der Waals surface area (Å²) in [4.78, 5) is 24.7. The Kier molecular flexibility index (Phi) is 9.24. The van der Waals surface area contributed by atoms with Crippen LogP contribution >= 0.6 is 0 Å². The van der Waals surface area contributed by atoms with Crippen LogP contribution in [0.25, 0.3) is 0 Å². The molecule has 3 N–H and O–H groups in total. The zero-order valence-corrected chi connectivity index (χ0v) is 21.1. The van der Waals surface area contributed by atoms with Gasteiger partial charge in [-0.05, 0) is 46.5 Å². The Labute approximate surface area is 225 Å². The van der Waals surface area contributed by atoms with Crippen LogP contribution < -0.4 is 20.5 Å². The van der Waals surface area contributed by atoms with Crippen LogP contribution in [0.3, 0.4) is 0 Å². The van der Waals surface area contributed by atoms with Crippen molar-refractivity contribution in [3.8, 4) is 11.5 Å². The van der Waals surface area contributed by atoms with Crippen molar-refractivity contribution in [2.45, 2.75) is 32.1 Å². The van der Waals surface area contributed by atoms with Crippen molar-refractivity contribution in [1.82, 2.24) is 5.32 Å². The predicted molar refractivity (Wildman–Crippen MR) is 143 cm³/mol. The lowest BCUT2D eigenvalue weighted by atomic mass is 10.0. The number of amides is 2. The second-order valence-corrected chi connectivity index (χ2v) is 8.98. The third-order valence-corrected chi connectivity index (χ3v) is 5.95. The highest BCUT2D eigenvalue weighted by Crippen LogP contribution is 2.30. The van der Waals surface area contributed by atoms with Crippen LogP contribution in [0.2, 0.25) is 0 Å². The topological polar surface area (TPSA) is 90.7 Å². The molecule has 0 saturated carbocycles. The molecule has 0 unspecified atom stereocenters. The first-order chi connectivity index (χ1) is 18.9. The second-order valence-electron chi connectivity index (χ2n) is 8.98. The minimum absolute atomic E-state index is 0.0967. The minimum atomic E-state index is -1.05. The van der Waals surface area contributed by atoms with Gasteiger partial charge in [-0.3, -0.25) is 9.59 Å². The van der Waals surface area contributed by atoms with Crippen LogP contribution in [0.4, 0.5) is 8.78 Å². The normalized spacial score (nSPS) is 11.4. The smallest absolute Gasteiger partial charge is 0.240 e. The summed E-state index contributed by atoms with van der Waals surface area (Å²) in [5.74, 6) is -2.34. The maximum atomic E-state index is 13.5. The fourth-order valence-electron chi connectivity index (χ4n) is 3.92. The van der Waals surface area contributed by atoms with E-state index in [0.717, 1.165) is 23.3 Å². The SMILES string of the molecule is NC(=O)[C@@H](Cc1ccc(OCc2ccccc2)c(OCc2ccccc2)c1)NC(=O)Cc1ccc(F)c(F)c1. The molecule has 0 fully saturated rings. The van der Waals surface area contributed by atoms with Crippen LogP contribution in [0, 0.1) is 11.6 Å². The van der Waals surface area contributed by atoms with Crippen molar-refractivity contribution in [1.29, 1.82) is 0 Å². The molecule has 0 radical (unpaired) electrons. The Bertz CT molecular complexity index is 1420. The summed E-state index contributed by atoms with van der Waals surface area (Å²) in [6.45, 7) is 0.641. The Morgan fingerprint density at radius 1 is 0.692 bits per heavy atom. The number of carbonyl (C=O) groups excluding carboxylic acids is 2. The molecule has 4 rings (SSSR count). The molecule has 39 heavy (non-hydrogen) atoms. The summed E-state index contributed by atoms with van der Waals surface area (Å²) in [7, 11) is 0. The van der Waals surface area contributed by atoms with Crippen molar-refractivity contribution in [2.24, 2.45) is 5.73 Å². The monoisotopic (exact) mass is 530 g/mol. The summed E-state index contributed by atoms with van der Waals surface area (Å²) in [6.07, 6.45) is -0.141. The number of hydrogen-bond acceptors (Lipinski definition) is 4. The Morgan fingerprint density at radius 2 is 1.28 bits per heavy atom. The second kappa shape index (κ2) is 13.2. The summed E-state index contributed by atoms with van der Waals surface area (Å²) in [6, 6.07) is 26.8.